The highest BCUT2D eigenvalue weighted by molar-refractivity contribution is 6.38. The van der Waals surface area contributed by atoms with Gasteiger partial charge in [-0.05, 0) is 12.1 Å². The van der Waals surface area contributed by atoms with Crippen molar-refractivity contribution in [2.24, 2.45) is 10.8 Å². The molecule has 104 valence electrons. The fourth-order valence-electron chi connectivity index (χ4n) is 1.89. The number of primary amides is 1. The van der Waals surface area contributed by atoms with Gasteiger partial charge in [-0.3, -0.25) is 9.80 Å². The van der Waals surface area contributed by atoms with Crippen LogP contribution in [0.1, 0.15) is 6.42 Å². The van der Waals surface area contributed by atoms with Crippen molar-refractivity contribution < 1.29 is 14.3 Å². The number of amides is 1. The summed E-state index contributed by atoms with van der Waals surface area (Å²) in [7, 11) is 0. The van der Waals surface area contributed by atoms with E-state index in [2.05, 4.69) is 11.7 Å². The van der Waals surface area contributed by atoms with E-state index in [0.29, 0.717) is 5.69 Å². The maximum Gasteiger partial charge on any atom is 0.354 e. The molecular formula is C14H15N3O3. The number of anilines is 1. The standard InChI is InChI=1S/C14H15N3O3/c1-2-8-20-14(19)11-9-12(13(15)18)17(16-11)10-6-4-3-5-7-10/h2-7,12H,1,8-9H2,(H2,15,18)/t12-/m0/s1. The summed E-state index contributed by atoms with van der Waals surface area (Å²) in [6, 6.07) is 8.38. The molecule has 1 aliphatic heterocycles. The normalized spacial score (nSPS) is 17.5. The topological polar surface area (TPSA) is 85.0 Å². The van der Waals surface area contributed by atoms with Crippen molar-refractivity contribution in [3.05, 3.63) is 43.0 Å². The van der Waals surface area contributed by atoms with Gasteiger partial charge in [-0.1, -0.05) is 30.9 Å². The van der Waals surface area contributed by atoms with Gasteiger partial charge in [0.05, 0.1) is 5.69 Å². The highest BCUT2D eigenvalue weighted by Gasteiger charge is 2.35. The molecule has 2 N–H and O–H groups in total. The number of carbonyl (C=O) groups excluding carboxylic acids is 2. The second kappa shape index (κ2) is 6.01. The van der Waals surface area contributed by atoms with Crippen molar-refractivity contribution in [2.45, 2.75) is 12.5 Å². The summed E-state index contributed by atoms with van der Waals surface area (Å²) < 4.78 is 4.92. The maximum absolute atomic E-state index is 11.8. The van der Waals surface area contributed by atoms with Crippen molar-refractivity contribution in [3.8, 4) is 0 Å². The van der Waals surface area contributed by atoms with Gasteiger partial charge in [-0.2, -0.15) is 5.10 Å². The Kier molecular flexibility index (Phi) is 4.14. The number of esters is 1. The van der Waals surface area contributed by atoms with Crippen LogP contribution in [0.3, 0.4) is 0 Å². The van der Waals surface area contributed by atoms with Crippen molar-refractivity contribution in [1.29, 1.82) is 0 Å². The van der Waals surface area contributed by atoms with E-state index in [9.17, 15) is 9.59 Å². The largest absolute Gasteiger partial charge is 0.457 e. The lowest BCUT2D eigenvalue weighted by Crippen LogP contribution is -2.39. The molecule has 2 rings (SSSR count). The quantitative estimate of drug-likeness (QED) is 0.636. The molecule has 1 aliphatic rings. The molecule has 1 heterocycles. The number of rotatable bonds is 5. The molecular weight excluding hydrogens is 258 g/mol. The van der Waals surface area contributed by atoms with Gasteiger partial charge >= 0.3 is 5.97 Å². The van der Waals surface area contributed by atoms with Gasteiger partial charge in [-0.15, -0.1) is 0 Å². The Bertz CT molecular complexity index is 554. The SMILES string of the molecule is C=CCOC(=O)C1=NN(c2ccccc2)[C@H](C(N)=O)C1. The van der Waals surface area contributed by atoms with Crippen LogP contribution in [-0.4, -0.2) is 30.2 Å². The summed E-state index contributed by atoms with van der Waals surface area (Å²) in [6.45, 7) is 3.56. The van der Waals surface area contributed by atoms with Crippen LogP contribution in [0.25, 0.3) is 0 Å². The van der Waals surface area contributed by atoms with Gasteiger partial charge in [0.2, 0.25) is 5.91 Å². The van der Waals surface area contributed by atoms with Crippen molar-refractivity contribution in [1.82, 2.24) is 0 Å². The average Bonchev–Trinajstić information content (AvgIpc) is 2.91. The van der Waals surface area contributed by atoms with Crippen LogP contribution >= 0.6 is 0 Å². The van der Waals surface area contributed by atoms with E-state index in [1.165, 1.54) is 11.1 Å². The zero-order valence-electron chi connectivity index (χ0n) is 10.9. The van der Waals surface area contributed by atoms with Crippen LogP contribution in [0.15, 0.2) is 48.1 Å². The second-order valence-electron chi connectivity index (χ2n) is 4.24. The van der Waals surface area contributed by atoms with Crippen LogP contribution < -0.4 is 10.7 Å². The highest BCUT2D eigenvalue weighted by Crippen LogP contribution is 2.24. The summed E-state index contributed by atoms with van der Waals surface area (Å²) in [5.74, 6) is -1.10. The van der Waals surface area contributed by atoms with Gasteiger partial charge < -0.3 is 10.5 Å². The van der Waals surface area contributed by atoms with Crippen molar-refractivity contribution >= 4 is 23.3 Å². The summed E-state index contributed by atoms with van der Waals surface area (Å²) >= 11 is 0. The van der Waals surface area contributed by atoms with Gasteiger partial charge in [-0.25, -0.2) is 4.79 Å². The molecule has 0 saturated carbocycles. The number of nitrogens with zero attached hydrogens (tertiary/aromatic N) is 2. The minimum Gasteiger partial charge on any atom is -0.457 e. The molecule has 1 aromatic rings. The van der Waals surface area contributed by atoms with E-state index in [0.717, 1.165) is 0 Å². The summed E-state index contributed by atoms with van der Waals surface area (Å²) in [4.78, 5) is 23.3. The smallest absolute Gasteiger partial charge is 0.354 e. The lowest BCUT2D eigenvalue weighted by atomic mass is 10.1. The molecule has 1 amide bonds. The molecule has 0 spiro atoms. The minimum atomic E-state index is -0.677. The Labute approximate surface area is 116 Å². The number of hydrazone groups is 1. The van der Waals surface area contributed by atoms with E-state index < -0.39 is 17.9 Å². The second-order valence-corrected chi connectivity index (χ2v) is 4.24. The molecule has 6 heteroatoms. The van der Waals surface area contributed by atoms with Crippen molar-refractivity contribution in [3.63, 3.8) is 0 Å². The fourth-order valence-corrected chi connectivity index (χ4v) is 1.89. The number of hydrogen-bond donors (Lipinski definition) is 1. The predicted octanol–water partition coefficient (Wildman–Crippen LogP) is 0.836. The molecule has 0 bridgehead atoms. The van der Waals surface area contributed by atoms with Gasteiger partial charge in [0.15, 0.2) is 0 Å². The zero-order chi connectivity index (χ0) is 14.5. The lowest BCUT2D eigenvalue weighted by Gasteiger charge is -2.20. The molecule has 1 atom stereocenters. The first-order valence-corrected chi connectivity index (χ1v) is 6.12. The zero-order valence-corrected chi connectivity index (χ0v) is 10.9. The molecule has 0 saturated heterocycles. The number of ether oxygens (including phenoxy) is 1. The minimum absolute atomic E-state index is 0.102. The number of hydrogen-bond acceptors (Lipinski definition) is 5. The molecule has 0 aliphatic carbocycles. The third-order valence-corrected chi connectivity index (χ3v) is 2.83. The fraction of sp³-hybridized carbons (Fsp3) is 0.214. The number of nitrogens with two attached hydrogens (primary N) is 1. The Morgan fingerprint density at radius 1 is 1.45 bits per heavy atom. The van der Waals surface area contributed by atoms with E-state index in [1.807, 2.05) is 18.2 Å². The molecule has 0 unspecified atom stereocenters. The third-order valence-electron chi connectivity index (χ3n) is 2.83. The lowest BCUT2D eigenvalue weighted by molar-refractivity contribution is -0.134. The first-order valence-electron chi connectivity index (χ1n) is 6.12. The number of para-hydroxylation sites is 1. The molecule has 6 nitrogen and oxygen atoms in total. The van der Waals surface area contributed by atoms with E-state index in [-0.39, 0.29) is 18.7 Å². The Balaban J connectivity index is 2.23. The molecule has 0 aromatic heterocycles. The monoisotopic (exact) mass is 273 g/mol. The van der Waals surface area contributed by atoms with Crippen LogP contribution in [0.2, 0.25) is 0 Å². The Morgan fingerprint density at radius 3 is 2.75 bits per heavy atom. The molecule has 20 heavy (non-hydrogen) atoms. The number of benzene rings is 1. The van der Waals surface area contributed by atoms with Gasteiger partial charge in [0.25, 0.3) is 0 Å². The summed E-state index contributed by atoms with van der Waals surface area (Å²) in [5, 5.41) is 5.61. The van der Waals surface area contributed by atoms with E-state index in [1.54, 1.807) is 12.1 Å². The Morgan fingerprint density at radius 2 is 2.15 bits per heavy atom. The maximum atomic E-state index is 11.8. The van der Waals surface area contributed by atoms with Gasteiger partial charge in [0.1, 0.15) is 18.4 Å². The Hall–Kier alpha value is -2.63. The third kappa shape index (κ3) is 2.85. The molecule has 0 fully saturated rings. The molecule has 0 radical (unpaired) electrons. The number of carbonyl (C=O) groups is 2. The van der Waals surface area contributed by atoms with Crippen LogP contribution in [0.5, 0.6) is 0 Å². The van der Waals surface area contributed by atoms with E-state index >= 15 is 0 Å². The van der Waals surface area contributed by atoms with Crippen LogP contribution in [0.4, 0.5) is 5.69 Å². The first kappa shape index (κ1) is 13.8. The first-order chi connectivity index (χ1) is 9.63. The van der Waals surface area contributed by atoms with Crippen molar-refractivity contribution in [2.75, 3.05) is 11.6 Å². The highest BCUT2D eigenvalue weighted by atomic mass is 16.5. The van der Waals surface area contributed by atoms with E-state index in [4.69, 9.17) is 10.5 Å². The average molecular weight is 273 g/mol. The predicted molar refractivity (Wildman–Crippen MR) is 75.1 cm³/mol. The van der Waals surface area contributed by atoms with Crippen LogP contribution in [0, 0.1) is 0 Å². The summed E-state index contributed by atoms with van der Waals surface area (Å²) in [5.41, 5.74) is 6.24. The van der Waals surface area contributed by atoms with Gasteiger partial charge in [0, 0.05) is 6.42 Å². The molecule has 1 aromatic carbocycles. The summed E-state index contributed by atoms with van der Waals surface area (Å²) in [6.07, 6.45) is 1.61. The van der Waals surface area contributed by atoms with Crippen LogP contribution in [-0.2, 0) is 14.3 Å².